The van der Waals surface area contributed by atoms with Gasteiger partial charge in [-0.15, -0.1) is 0 Å². The van der Waals surface area contributed by atoms with E-state index in [1.54, 1.807) is 7.11 Å². The van der Waals surface area contributed by atoms with E-state index in [0.717, 1.165) is 25.7 Å². The molecule has 17 heavy (non-hydrogen) atoms. The van der Waals surface area contributed by atoms with Crippen molar-refractivity contribution >= 4 is 5.78 Å². The molecular weight excluding hydrogens is 216 g/mol. The van der Waals surface area contributed by atoms with Crippen LogP contribution in [-0.4, -0.2) is 29.7 Å². The van der Waals surface area contributed by atoms with Crippen molar-refractivity contribution in [2.75, 3.05) is 7.11 Å². The minimum Gasteiger partial charge on any atom is -0.370 e. The molecule has 1 saturated carbocycles. The number of rotatable bonds is 3. The lowest BCUT2D eigenvalue weighted by atomic mass is 9.69. The minimum atomic E-state index is -0.508. The first kappa shape index (κ1) is 13.0. The quantitative estimate of drug-likeness (QED) is 0.761. The van der Waals surface area contributed by atoms with E-state index in [2.05, 4.69) is 13.8 Å². The Balaban J connectivity index is 2.20. The fourth-order valence-corrected chi connectivity index (χ4v) is 3.34. The summed E-state index contributed by atoms with van der Waals surface area (Å²) < 4.78 is 11.5. The number of carbonyl (C=O) groups excluding carboxylic acids is 1. The maximum atomic E-state index is 12.7. The predicted molar refractivity (Wildman–Crippen MR) is 65.9 cm³/mol. The highest BCUT2D eigenvalue weighted by atomic mass is 16.5. The average molecular weight is 240 g/mol. The number of methoxy groups -OCH3 is 1. The lowest BCUT2D eigenvalue weighted by molar-refractivity contribution is -0.161. The molecule has 3 heteroatoms. The van der Waals surface area contributed by atoms with E-state index in [1.165, 1.54) is 0 Å². The molecule has 0 radical (unpaired) electrons. The van der Waals surface area contributed by atoms with Gasteiger partial charge in [-0.2, -0.15) is 0 Å². The Hall–Kier alpha value is -0.410. The van der Waals surface area contributed by atoms with Crippen molar-refractivity contribution in [3.63, 3.8) is 0 Å². The van der Waals surface area contributed by atoms with Crippen LogP contribution in [0.15, 0.2) is 0 Å². The lowest BCUT2D eigenvalue weighted by Gasteiger charge is -2.42. The molecular formula is C14H24O3. The predicted octanol–water partition coefficient (Wildman–Crippen LogP) is 2.72. The van der Waals surface area contributed by atoms with Crippen LogP contribution in [0.5, 0.6) is 0 Å². The molecule has 0 amide bonds. The molecule has 1 atom stereocenters. The number of hydrogen-bond donors (Lipinski definition) is 0. The Kier molecular flexibility index (Phi) is 2.91. The molecule has 1 heterocycles. The molecule has 0 aromatic rings. The molecule has 0 N–H and O–H groups in total. The van der Waals surface area contributed by atoms with Gasteiger partial charge in [0.1, 0.15) is 5.60 Å². The number of ether oxygens (including phenoxy) is 2. The van der Waals surface area contributed by atoms with Crippen LogP contribution in [0.4, 0.5) is 0 Å². The van der Waals surface area contributed by atoms with Gasteiger partial charge in [-0.1, -0.05) is 0 Å². The van der Waals surface area contributed by atoms with Gasteiger partial charge in [0.2, 0.25) is 0 Å². The zero-order chi connectivity index (χ0) is 12.9. The van der Waals surface area contributed by atoms with Crippen molar-refractivity contribution in [3.05, 3.63) is 0 Å². The number of carbonyl (C=O) groups is 1. The zero-order valence-electron chi connectivity index (χ0n) is 11.6. The van der Waals surface area contributed by atoms with E-state index >= 15 is 0 Å². The summed E-state index contributed by atoms with van der Waals surface area (Å²) in [6.45, 7) is 8.16. The molecule has 3 nitrogen and oxygen atoms in total. The largest absolute Gasteiger partial charge is 0.370 e. The Bertz CT molecular complexity index is 321. The molecule has 2 fully saturated rings. The third-order valence-corrected chi connectivity index (χ3v) is 4.39. The van der Waals surface area contributed by atoms with Gasteiger partial charge in [-0.3, -0.25) is 4.79 Å². The zero-order valence-corrected chi connectivity index (χ0v) is 11.6. The summed E-state index contributed by atoms with van der Waals surface area (Å²) in [5.74, 6) is 0.208. The van der Waals surface area contributed by atoms with Crippen LogP contribution in [0.2, 0.25) is 0 Å². The molecule has 0 aromatic heterocycles. The minimum absolute atomic E-state index is 0.0438. The fourth-order valence-electron chi connectivity index (χ4n) is 3.34. The van der Waals surface area contributed by atoms with Crippen LogP contribution in [0.25, 0.3) is 0 Å². The number of hydrogen-bond acceptors (Lipinski definition) is 3. The molecule has 2 aliphatic rings. The molecule has 1 aliphatic heterocycles. The highest BCUT2D eigenvalue weighted by molar-refractivity contribution is 5.91. The molecule has 0 aromatic carbocycles. The van der Waals surface area contributed by atoms with Crippen molar-refractivity contribution < 1.29 is 14.3 Å². The molecule has 1 aliphatic carbocycles. The monoisotopic (exact) mass is 240 g/mol. The summed E-state index contributed by atoms with van der Waals surface area (Å²) >= 11 is 0. The van der Waals surface area contributed by atoms with Crippen molar-refractivity contribution in [1.82, 2.24) is 0 Å². The Labute approximate surface area is 104 Å². The first-order valence-electron chi connectivity index (χ1n) is 6.52. The van der Waals surface area contributed by atoms with Crippen molar-refractivity contribution in [2.45, 2.75) is 70.2 Å². The summed E-state index contributed by atoms with van der Waals surface area (Å²) in [5, 5.41) is 0. The van der Waals surface area contributed by atoms with Crippen LogP contribution >= 0.6 is 0 Å². The molecule has 0 spiro atoms. The molecule has 0 bridgehead atoms. The van der Waals surface area contributed by atoms with Crippen LogP contribution in [-0.2, 0) is 14.3 Å². The second kappa shape index (κ2) is 3.79. The topological polar surface area (TPSA) is 35.5 Å². The summed E-state index contributed by atoms with van der Waals surface area (Å²) in [6.07, 6.45) is 3.63. The van der Waals surface area contributed by atoms with E-state index < -0.39 is 5.60 Å². The average Bonchev–Trinajstić information content (AvgIpc) is 2.33. The van der Waals surface area contributed by atoms with Gasteiger partial charge in [0.25, 0.3) is 0 Å². The van der Waals surface area contributed by atoms with Gasteiger partial charge < -0.3 is 9.47 Å². The lowest BCUT2D eigenvalue weighted by Crippen LogP contribution is -2.53. The van der Waals surface area contributed by atoms with E-state index in [-0.39, 0.29) is 22.9 Å². The second-order valence-corrected chi connectivity index (χ2v) is 6.64. The van der Waals surface area contributed by atoms with Gasteiger partial charge in [0.15, 0.2) is 5.78 Å². The Morgan fingerprint density at radius 3 is 2.12 bits per heavy atom. The van der Waals surface area contributed by atoms with Gasteiger partial charge in [0, 0.05) is 7.11 Å². The highest BCUT2D eigenvalue weighted by Gasteiger charge is 2.56. The van der Waals surface area contributed by atoms with Gasteiger partial charge >= 0.3 is 0 Å². The van der Waals surface area contributed by atoms with E-state index in [4.69, 9.17) is 9.47 Å². The maximum absolute atomic E-state index is 12.7. The van der Waals surface area contributed by atoms with Gasteiger partial charge in [0.05, 0.1) is 17.1 Å². The maximum Gasteiger partial charge on any atom is 0.170 e. The number of Topliss-reactive ketones (excluding diaryl/α,β-unsaturated/α-hetero) is 1. The van der Waals surface area contributed by atoms with Crippen molar-refractivity contribution in [1.29, 1.82) is 0 Å². The molecule has 1 unspecified atom stereocenters. The second-order valence-electron chi connectivity index (χ2n) is 6.64. The summed E-state index contributed by atoms with van der Waals surface area (Å²) in [7, 11) is 1.66. The van der Waals surface area contributed by atoms with E-state index in [1.807, 2.05) is 13.8 Å². The fraction of sp³-hybridized carbons (Fsp3) is 0.929. The van der Waals surface area contributed by atoms with Crippen molar-refractivity contribution in [2.24, 2.45) is 5.92 Å². The molecule has 98 valence electrons. The van der Waals surface area contributed by atoms with Crippen molar-refractivity contribution in [3.8, 4) is 0 Å². The normalized spacial score (nSPS) is 33.1. The number of ketones is 1. The summed E-state index contributed by atoms with van der Waals surface area (Å²) in [4.78, 5) is 12.7. The summed E-state index contributed by atoms with van der Waals surface area (Å²) in [5.41, 5.74) is -1.09. The first-order valence-corrected chi connectivity index (χ1v) is 6.52. The SMILES string of the molecule is COC1(C(=O)C2CC(C)(C)OC2(C)C)CCC1. The summed E-state index contributed by atoms with van der Waals surface area (Å²) in [6, 6.07) is 0. The van der Waals surface area contributed by atoms with Crippen LogP contribution in [0.3, 0.4) is 0 Å². The molecule has 1 saturated heterocycles. The third kappa shape index (κ3) is 2.04. The van der Waals surface area contributed by atoms with Crippen LogP contribution < -0.4 is 0 Å². The van der Waals surface area contributed by atoms with Crippen LogP contribution in [0, 0.1) is 5.92 Å². The van der Waals surface area contributed by atoms with Gasteiger partial charge in [-0.05, 0) is 53.4 Å². The van der Waals surface area contributed by atoms with Gasteiger partial charge in [-0.25, -0.2) is 0 Å². The highest BCUT2D eigenvalue weighted by Crippen LogP contribution is 2.47. The Morgan fingerprint density at radius 2 is 1.82 bits per heavy atom. The Morgan fingerprint density at radius 1 is 1.24 bits per heavy atom. The van der Waals surface area contributed by atoms with Crippen LogP contribution in [0.1, 0.15) is 53.4 Å². The first-order chi connectivity index (χ1) is 7.72. The smallest absolute Gasteiger partial charge is 0.170 e. The van der Waals surface area contributed by atoms with E-state index in [9.17, 15) is 4.79 Å². The molecule has 2 rings (SSSR count). The van der Waals surface area contributed by atoms with E-state index in [0.29, 0.717) is 0 Å². The standard InChI is InChI=1S/C14H24O3/c1-12(2)9-10(13(3,4)17-12)11(15)14(16-5)7-6-8-14/h10H,6-9H2,1-5H3. The third-order valence-electron chi connectivity index (χ3n) is 4.39.